The van der Waals surface area contributed by atoms with Crippen molar-refractivity contribution in [2.24, 2.45) is 0 Å². The lowest BCUT2D eigenvalue weighted by atomic mass is 9.89. The Morgan fingerprint density at radius 3 is 2.48 bits per heavy atom. The molecule has 0 atom stereocenters. The van der Waals surface area contributed by atoms with Crippen LogP contribution in [-0.2, 0) is 11.2 Å². The van der Waals surface area contributed by atoms with Crippen molar-refractivity contribution in [2.45, 2.75) is 25.2 Å². The molecule has 0 N–H and O–H groups in total. The molecule has 4 heteroatoms. The third kappa shape index (κ3) is 5.13. The van der Waals surface area contributed by atoms with Crippen LogP contribution in [0.15, 0.2) is 54.9 Å². The smallest absolute Gasteiger partial charge is 0.236 e. The maximum absolute atomic E-state index is 12.5. The minimum Gasteiger partial charge on any atom is -0.344 e. The molecule has 25 heavy (non-hydrogen) atoms. The number of carbonyl (C=O) groups excluding carboxylic acids is 1. The normalized spacial score (nSPS) is 15.9. The van der Waals surface area contributed by atoms with Gasteiger partial charge in [0, 0.05) is 26.0 Å². The highest BCUT2D eigenvalue weighted by molar-refractivity contribution is 5.78. The molecule has 1 amide bonds. The van der Waals surface area contributed by atoms with Crippen molar-refractivity contribution in [3.8, 4) is 0 Å². The van der Waals surface area contributed by atoms with Crippen LogP contribution in [0.1, 0.15) is 29.9 Å². The highest BCUT2D eigenvalue weighted by Crippen LogP contribution is 2.27. The number of carbonyl (C=O) groups is 1. The number of likely N-dealkylation sites (N-methyl/N-ethyl adjacent to an activating group) is 1. The Morgan fingerprint density at radius 1 is 1.12 bits per heavy atom. The molecule has 0 saturated carbocycles. The lowest BCUT2D eigenvalue weighted by Gasteiger charge is -2.32. The van der Waals surface area contributed by atoms with E-state index in [1.165, 1.54) is 11.1 Å². The predicted octanol–water partition coefficient (Wildman–Crippen LogP) is 2.96. The van der Waals surface area contributed by atoms with Gasteiger partial charge in [0.25, 0.3) is 0 Å². The highest BCUT2D eigenvalue weighted by Gasteiger charge is 2.22. The van der Waals surface area contributed by atoms with Crippen molar-refractivity contribution >= 4 is 5.91 Å². The van der Waals surface area contributed by atoms with Crippen LogP contribution in [0.4, 0.5) is 0 Å². The number of nitrogens with zero attached hydrogens (tertiary/aromatic N) is 3. The summed E-state index contributed by atoms with van der Waals surface area (Å²) in [4.78, 5) is 20.6. The van der Waals surface area contributed by atoms with Crippen LogP contribution in [0.5, 0.6) is 0 Å². The van der Waals surface area contributed by atoms with Crippen LogP contribution in [0, 0.1) is 0 Å². The fourth-order valence-electron chi connectivity index (χ4n) is 3.43. The van der Waals surface area contributed by atoms with Gasteiger partial charge in [0.2, 0.25) is 5.91 Å². The molecular weight excluding hydrogens is 310 g/mol. The zero-order valence-electron chi connectivity index (χ0n) is 15.0. The maximum Gasteiger partial charge on any atom is 0.236 e. The number of amides is 1. The summed E-state index contributed by atoms with van der Waals surface area (Å²) in [7, 11) is 1.90. The molecule has 2 aromatic rings. The van der Waals surface area contributed by atoms with Gasteiger partial charge in [-0.15, -0.1) is 0 Å². The fourth-order valence-corrected chi connectivity index (χ4v) is 3.43. The molecule has 132 valence electrons. The van der Waals surface area contributed by atoms with Crippen molar-refractivity contribution in [2.75, 3.05) is 33.2 Å². The Morgan fingerprint density at radius 2 is 1.80 bits per heavy atom. The first kappa shape index (κ1) is 17.6. The van der Waals surface area contributed by atoms with Crippen LogP contribution >= 0.6 is 0 Å². The van der Waals surface area contributed by atoms with Gasteiger partial charge >= 0.3 is 0 Å². The summed E-state index contributed by atoms with van der Waals surface area (Å²) >= 11 is 0. The third-order valence-electron chi connectivity index (χ3n) is 5.13. The van der Waals surface area contributed by atoms with Gasteiger partial charge in [0.05, 0.1) is 6.54 Å². The van der Waals surface area contributed by atoms with Gasteiger partial charge in [-0.3, -0.25) is 14.7 Å². The number of rotatable bonds is 6. The highest BCUT2D eigenvalue weighted by atomic mass is 16.2. The van der Waals surface area contributed by atoms with Gasteiger partial charge < -0.3 is 4.90 Å². The molecule has 0 spiro atoms. The Balaban J connectivity index is 1.41. The molecule has 1 aliphatic heterocycles. The molecule has 1 saturated heterocycles. The van der Waals surface area contributed by atoms with E-state index in [0.717, 1.165) is 38.9 Å². The second-order valence-corrected chi connectivity index (χ2v) is 6.88. The Hall–Kier alpha value is -2.20. The van der Waals surface area contributed by atoms with Crippen molar-refractivity contribution < 1.29 is 4.79 Å². The number of piperidine rings is 1. The van der Waals surface area contributed by atoms with E-state index in [4.69, 9.17) is 0 Å². The lowest BCUT2D eigenvalue weighted by Crippen LogP contribution is -2.42. The number of pyridine rings is 1. The Labute approximate surface area is 150 Å². The second-order valence-electron chi connectivity index (χ2n) is 6.88. The third-order valence-corrected chi connectivity index (χ3v) is 5.13. The van der Waals surface area contributed by atoms with Crippen molar-refractivity contribution in [1.82, 2.24) is 14.8 Å². The summed E-state index contributed by atoms with van der Waals surface area (Å²) in [6, 6.07) is 14.8. The summed E-state index contributed by atoms with van der Waals surface area (Å²) < 4.78 is 0. The molecule has 0 unspecified atom stereocenters. The van der Waals surface area contributed by atoms with E-state index in [9.17, 15) is 4.79 Å². The second kappa shape index (κ2) is 8.77. The predicted molar refractivity (Wildman–Crippen MR) is 100 cm³/mol. The average Bonchev–Trinajstić information content (AvgIpc) is 2.68. The van der Waals surface area contributed by atoms with Gasteiger partial charge in [0.1, 0.15) is 0 Å². The summed E-state index contributed by atoms with van der Waals surface area (Å²) in [5, 5.41) is 0. The maximum atomic E-state index is 12.5. The molecule has 0 aliphatic carbocycles. The fraction of sp³-hybridized carbons (Fsp3) is 0.429. The first-order chi connectivity index (χ1) is 12.2. The Bertz CT molecular complexity index is 651. The number of aromatic nitrogens is 1. The SMILES string of the molecule is CN(CCc1ccncc1)C(=O)CN1CCC(c2ccccc2)CC1. The molecule has 0 radical (unpaired) electrons. The number of hydrogen-bond acceptors (Lipinski definition) is 3. The molecule has 4 nitrogen and oxygen atoms in total. The van der Waals surface area contributed by atoms with Crippen molar-refractivity contribution in [3.05, 3.63) is 66.0 Å². The molecule has 3 rings (SSSR count). The van der Waals surface area contributed by atoms with Crippen LogP contribution in [0.25, 0.3) is 0 Å². The Kier molecular flexibility index (Phi) is 6.18. The minimum atomic E-state index is 0.215. The van der Waals surface area contributed by atoms with Gasteiger partial charge in [-0.25, -0.2) is 0 Å². The topological polar surface area (TPSA) is 36.4 Å². The minimum absolute atomic E-state index is 0.215. The summed E-state index contributed by atoms with van der Waals surface area (Å²) in [5.41, 5.74) is 2.65. The van der Waals surface area contributed by atoms with E-state index >= 15 is 0 Å². The van der Waals surface area contributed by atoms with E-state index < -0.39 is 0 Å². The number of hydrogen-bond donors (Lipinski definition) is 0. The summed E-state index contributed by atoms with van der Waals surface area (Å²) in [6.45, 7) is 3.30. The van der Waals surface area contributed by atoms with E-state index in [0.29, 0.717) is 12.5 Å². The van der Waals surface area contributed by atoms with E-state index in [1.807, 2.05) is 24.1 Å². The first-order valence-electron chi connectivity index (χ1n) is 9.12. The van der Waals surface area contributed by atoms with Gasteiger partial charge in [0.15, 0.2) is 0 Å². The first-order valence-corrected chi connectivity index (χ1v) is 9.12. The quantitative estimate of drug-likeness (QED) is 0.813. The molecule has 1 aliphatic rings. The van der Waals surface area contributed by atoms with Crippen LogP contribution < -0.4 is 0 Å². The van der Waals surface area contributed by atoms with Gasteiger partial charge in [-0.2, -0.15) is 0 Å². The van der Waals surface area contributed by atoms with Crippen molar-refractivity contribution in [3.63, 3.8) is 0 Å². The molecule has 1 aromatic carbocycles. The molecule has 0 bridgehead atoms. The van der Waals surface area contributed by atoms with E-state index in [2.05, 4.69) is 40.2 Å². The average molecular weight is 337 g/mol. The number of benzene rings is 1. The number of likely N-dealkylation sites (tertiary alicyclic amines) is 1. The molecule has 1 fully saturated rings. The lowest BCUT2D eigenvalue weighted by molar-refractivity contribution is -0.131. The van der Waals surface area contributed by atoms with Crippen LogP contribution in [-0.4, -0.2) is 53.9 Å². The van der Waals surface area contributed by atoms with Gasteiger partial charge in [-0.05, 0) is 61.5 Å². The van der Waals surface area contributed by atoms with Crippen molar-refractivity contribution in [1.29, 1.82) is 0 Å². The van der Waals surface area contributed by atoms with Crippen LogP contribution in [0.2, 0.25) is 0 Å². The van der Waals surface area contributed by atoms with E-state index in [-0.39, 0.29) is 5.91 Å². The monoisotopic (exact) mass is 337 g/mol. The molecule has 1 aromatic heterocycles. The molecular formula is C21H27N3O. The zero-order chi connectivity index (χ0) is 17.5. The summed E-state index contributed by atoms with van der Waals surface area (Å²) in [6.07, 6.45) is 6.75. The van der Waals surface area contributed by atoms with Gasteiger partial charge in [-0.1, -0.05) is 30.3 Å². The van der Waals surface area contributed by atoms with Crippen LogP contribution in [0.3, 0.4) is 0 Å². The zero-order valence-corrected chi connectivity index (χ0v) is 15.0. The molecule has 2 heterocycles. The van der Waals surface area contributed by atoms with E-state index in [1.54, 1.807) is 12.4 Å². The largest absolute Gasteiger partial charge is 0.344 e. The standard InChI is InChI=1S/C21H27N3O/c1-23(14-9-18-7-12-22-13-8-18)21(25)17-24-15-10-20(11-16-24)19-5-3-2-4-6-19/h2-8,12-13,20H,9-11,14-17H2,1H3. The summed E-state index contributed by atoms with van der Waals surface area (Å²) in [5.74, 6) is 0.851.